The van der Waals surface area contributed by atoms with Crippen molar-refractivity contribution in [1.82, 2.24) is 9.13 Å². The average molecular weight is 302 g/mol. The maximum absolute atomic E-state index is 12.4. The van der Waals surface area contributed by atoms with Gasteiger partial charge in [-0.1, -0.05) is 23.7 Å². The third-order valence-corrected chi connectivity index (χ3v) is 3.72. The first-order valence-electron chi connectivity index (χ1n) is 6.60. The summed E-state index contributed by atoms with van der Waals surface area (Å²) in [5, 5.41) is 9.61. The average Bonchev–Trinajstić information content (AvgIpc) is 3.28. The molecule has 5 nitrogen and oxygen atoms in total. The van der Waals surface area contributed by atoms with Gasteiger partial charge in [0.25, 0.3) is 5.56 Å². The molecule has 0 aliphatic heterocycles. The van der Waals surface area contributed by atoms with Gasteiger partial charge in [0.1, 0.15) is 11.6 Å². The Hall–Kier alpha value is -2.32. The van der Waals surface area contributed by atoms with Crippen LogP contribution >= 0.6 is 11.6 Å². The van der Waals surface area contributed by atoms with Crippen LogP contribution in [0.4, 0.5) is 0 Å². The molecule has 0 unspecified atom stereocenters. The van der Waals surface area contributed by atoms with Gasteiger partial charge in [0.15, 0.2) is 0 Å². The van der Waals surface area contributed by atoms with E-state index in [1.165, 1.54) is 10.8 Å². The van der Waals surface area contributed by atoms with E-state index < -0.39 is 5.56 Å². The lowest BCUT2D eigenvalue weighted by Gasteiger charge is -2.10. The van der Waals surface area contributed by atoms with Crippen molar-refractivity contribution in [2.45, 2.75) is 25.4 Å². The highest BCUT2D eigenvalue weighted by molar-refractivity contribution is 6.30. The molecule has 21 heavy (non-hydrogen) atoms. The highest BCUT2D eigenvalue weighted by Gasteiger charge is 2.26. The summed E-state index contributed by atoms with van der Waals surface area (Å²) in [5.74, 6) is 0. The molecule has 0 bridgehead atoms. The summed E-state index contributed by atoms with van der Waals surface area (Å²) in [6.07, 6.45) is 3.18. The van der Waals surface area contributed by atoms with Crippen LogP contribution in [0.25, 0.3) is 0 Å². The SMILES string of the molecule is N#Cc1cn(C2CC2)c(=O)n(Cc2cccc(Cl)c2)c1=O. The standard InChI is InChI=1S/C15H12ClN3O2/c16-12-3-1-2-10(6-12)8-19-14(20)11(7-17)9-18(15(19)21)13-4-5-13/h1-3,6,9,13H,4-5,8H2. The first kappa shape index (κ1) is 13.7. The van der Waals surface area contributed by atoms with Gasteiger partial charge < -0.3 is 0 Å². The Labute approximate surface area is 125 Å². The van der Waals surface area contributed by atoms with Crippen molar-refractivity contribution in [3.63, 3.8) is 0 Å². The van der Waals surface area contributed by atoms with Crippen LogP contribution in [0.2, 0.25) is 5.02 Å². The Morgan fingerprint density at radius 2 is 2.10 bits per heavy atom. The van der Waals surface area contributed by atoms with Crippen LogP contribution in [0, 0.1) is 11.3 Å². The summed E-state index contributed by atoms with van der Waals surface area (Å²) in [5.41, 5.74) is -0.191. The van der Waals surface area contributed by atoms with E-state index in [1.807, 2.05) is 6.07 Å². The first-order chi connectivity index (χ1) is 10.1. The highest BCUT2D eigenvalue weighted by Crippen LogP contribution is 2.33. The fourth-order valence-corrected chi connectivity index (χ4v) is 2.48. The molecule has 1 aliphatic rings. The van der Waals surface area contributed by atoms with Gasteiger partial charge in [-0.05, 0) is 30.5 Å². The van der Waals surface area contributed by atoms with Crippen molar-refractivity contribution in [3.8, 4) is 6.07 Å². The number of aromatic nitrogens is 2. The van der Waals surface area contributed by atoms with Gasteiger partial charge in [-0.2, -0.15) is 5.26 Å². The van der Waals surface area contributed by atoms with Crippen LogP contribution < -0.4 is 11.2 Å². The number of halogens is 1. The second-order valence-electron chi connectivity index (χ2n) is 5.10. The lowest BCUT2D eigenvalue weighted by molar-refractivity contribution is 0.588. The maximum atomic E-state index is 12.4. The fourth-order valence-electron chi connectivity index (χ4n) is 2.27. The molecule has 1 aliphatic carbocycles. The summed E-state index contributed by atoms with van der Waals surface area (Å²) < 4.78 is 2.59. The molecule has 0 atom stereocenters. The molecule has 1 aromatic heterocycles. The molecular weight excluding hydrogens is 290 g/mol. The minimum absolute atomic E-state index is 0.0106. The van der Waals surface area contributed by atoms with E-state index in [4.69, 9.17) is 16.9 Å². The van der Waals surface area contributed by atoms with Crippen molar-refractivity contribution in [1.29, 1.82) is 5.26 Å². The molecule has 0 radical (unpaired) electrons. The fraction of sp³-hybridized carbons (Fsp3) is 0.267. The second kappa shape index (κ2) is 5.23. The molecule has 6 heteroatoms. The van der Waals surface area contributed by atoms with E-state index in [0.717, 1.165) is 23.0 Å². The van der Waals surface area contributed by atoms with Crippen LogP contribution in [-0.2, 0) is 6.54 Å². The second-order valence-corrected chi connectivity index (χ2v) is 5.53. The van der Waals surface area contributed by atoms with E-state index >= 15 is 0 Å². The molecule has 1 heterocycles. The monoisotopic (exact) mass is 301 g/mol. The van der Waals surface area contributed by atoms with Crippen molar-refractivity contribution >= 4 is 11.6 Å². The molecule has 0 saturated heterocycles. The Morgan fingerprint density at radius 3 is 2.71 bits per heavy atom. The number of nitrogens with zero attached hydrogens (tertiary/aromatic N) is 3. The van der Waals surface area contributed by atoms with Gasteiger partial charge in [0.05, 0.1) is 6.54 Å². The highest BCUT2D eigenvalue weighted by atomic mass is 35.5. The summed E-state index contributed by atoms with van der Waals surface area (Å²) in [4.78, 5) is 24.6. The zero-order valence-corrected chi connectivity index (χ0v) is 11.9. The quantitative estimate of drug-likeness (QED) is 0.870. The van der Waals surface area contributed by atoms with Crippen molar-refractivity contribution in [2.24, 2.45) is 0 Å². The zero-order valence-electron chi connectivity index (χ0n) is 11.1. The first-order valence-corrected chi connectivity index (χ1v) is 6.98. The van der Waals surface area contributed by atoms with E-state index in [0.29, 0.717) is 5.02 Å². The van der Waals surface area contributed by atoms with Gasteiger partial charge >= 0.3 is 5.69 Å². The predicted molar refractivity (Wildman–Crippen MR) is 78.5 cm³/mol. The normalized spacial score (nSPS) is 13.9. The van der Waals surface area contributed by atoms with Crippen molar-refractivity contribution in [2.75, 3.05) is 0 Å². The topological polar surface area (TPSA) is 67.8 Å². The smallest absolute Gasteiger partial charge is 0.296 e. The molecule has 106 valence electrons. The van der Waals surface area contributed by atoms with Crippen LogP contribution in [0.15, 0.2) is 40.1 Å². The third-order valence-electron chi connectivity index (χ3n) is 3.49. The number of hydrogen-bond donors (Lipinski definition) is 0. The van der Waals surface area contributed by atoms with E-state index in [1.54, 1.807) is 24.3 Å². The number of benzene rings is 1. The molecule has 1 aromatic carbocycles. The lowest BCUT2D eigenvalue weighted by atomic mass is 10.2. The molecule has 1 fully saturated rings. The summed E-state index contributed by atoms with van der Waals surface area (Å²) in [6, 6.07) is 8.95. The van der Waals surface area contributed by atoms with Crippen LogP contribution in [0.5, 0.6) is 0 Å². The predicted octanol–water partition coefficient (Wildman–Crippen LogP) is 1.92. The Balaban J connectivity index is 2.13. The van der Waals surface area contributed by atoms with E-state index in [9.17, 15) is 9.59 Å². The molecular formula is C15H12ClN3O2. The molecule has 0 amide bonds. The summed E-state index contributed by atoms with van der Waals surface area (Å²) >= 11 is 5.92. The summed E-state index contributed by atoms with van der Waals surface area (Å²) in [6.45, 7) is 0.112. The minimum Gasteiger partial charge on any atom is -0.296 e. The zero-order chi connectivity index (χ0) is 15.0. The molecule has 1 saturated carbocycles. The number of hydrogen-bond acceptors (Lipinski definition) is 3. The van der Waals surface area contributed by atoms with Gasteiger partial charge in [-0.25, -0.2) is 4.79 Å². The largest absolute Gasteiger partial charge is 0.331 e. The van der Waals surface area contributed by atoms with Gasteiger partial charge in [-0.15, -0.1) is 0 Å². The van der Waals surface area contributed by atoms with Crippen LogP contribution in [0.1, 0.15) is 30.0 Å². The Bertz CT molecular complexity index is 856. The maximum Gasteiger partial charge on any atom is 0.331 e. The molecule has 0 N–H and O–H groups in total. The van der Waals surface area contributed by atoms with Gasteiger partial charge in [0.2, 0.25) is 0 Å². The lowest BCUT2D eigenvalue weighted by Crippen LogP contribution is -2.40. The van der Waals surface area contributed by atoms with Crippen LogP contribution in [0.3, 0.4) is 0 Å². The van der Waals surface area contributed by atoms with Crippen LogP contribution in [-0.4, -0.2) is 9.13 Å². The third kappa shape index (κ3) is 2.63. The minimum atomic E-state index is -0.556. The van der Waals surface area contributed by atoms with E-state index in [-0.39, 0.29) is 23.8 Å². The van der Waals surface area contributed by atoms with E-state index in [2.05, 4.69) is 0 Å². The number of rotatable bonds is 3. The van der Waals surface area contributed by atoms with Crippen molar-refractivity contribution < 1.29 is 0 Å². The molecule has 2 aromatic rings. The molecule has 3 rings (SSSR count). The molecule has 0 spiro atoms. The van der Waals surface area contributed by atoms with Gasteiger partial charge in [0, 0.05) is 17.3 Å². The van der Waals surface area contributed by atoms with Gasteiger partial charge in [-0.3, -0.25) is 13.9 Å². The Kier molecular flexibility index (Phi) is 3.40. The van der Waals surface area contributed by atoms with Crippen molar-refractivity contribution in [3.05, 3.63) is 67.4 Å². The number of nitriles is 1. The Morgan fingerprint density at radius 1 is 1.33 bits per heavy atom. The summed E-state index contributed by atoms with van der Waals surface area (Å²) in [7, 11) is 0.